The zero-order valence-electron chi connectivity index (χ0n) is 28.5. The molecular weight excluding hydrogens is 604 g/mol. The van der Waals surface area contributed by atoms with Crippen LogP contribution in [0.3, 0.4) is 0 Å². The van der Waals surface area contributed by atoms with Gasteiger partial charge in [-0.2, -0.15) is 5.10 Å². The summed E-state index contributed by atoms with van der Waals surface area (Å²) >= 11 is 0. The smallest absolute Gasteiger partial charge is 0.322 e. The zero-order chi connectivity index (χ0) is 33.2. The maximum atomic E-state index is 14.2. The van der Waals surface area contributed by atoms with Crippen LogP contribution < -0.4 is 10.6 Å². The Kier molecular flexibility index (Phi) is 9.68. The molecule has 1 unspecified atom stereocenters. The number of hydrogen-bond acceptors (Lipinski definition) is 6. The van der Waals surface area contributed by atoms with Crippen LogP contribution in [0.1, 0.15) is 48.8 Å². The van der Waals surface area contributed by atoms with Gasteiger partial charge in [0.15, 0.2) is 0 Å². The highest BCUT2D eigenvalue weighted by Gasteiger charge is 2.35. The molecule has 4 aliphatic heterocycles. The third-order valence-corrected chi connectivity index (χ3v) is 11.2. The molecule has 3 fully saturated rings. The molecule has 0 bridgehead atoms. The van der Waals surface area contributed by atoms with E-state index in [0.717, 1.165) is 105 Å². The highest BCUT2D eigenvalue weighted by molar-refractivity contribution is 5.91. The van der Waals surface area contributed by atoms with Gasteiger partial charge in [-0.15, -0.1) is 0 Å². The van der Waals surface area contributed by atoms with Crippen LogP contribution in [0.5, 0.6) is 0 Å². The van der Waals surface area contributed by atoms with Gasteiger partial charge in [-0.1, -0.05) is 24.3 Å². The topological polar surface area (TPSA) is 106 Å². The first-order valence-electron chi connectivity index (χ1n) is 17.9. The Bertz CT molecular complexity index is 1630. The minimum atomic E-state index is -0.422. The normalized spacial score (nSPS) is 20.8. The number of fused-ring (bicyclic) bond motifs is 2. The fourth-order valence-corrected chi connectivity index (χ4v) is 8.54. The lowest BCUT2D eigenvalue weighted by molar-refractivity contribution is -0.143. The number of likely N-dealkylation sites (tertiary alicyclic amines) is 2. The van der Waals surface area contributed by atoms with E-state index in [4.69, 9.17) is 0 Å². The molecule has 1 atom stereocenters. The van der Waals surface area contributed by atoms with Crippen molar-refractivity contribution in [1.82, 2.24) is 34.7 Å². The van der Waals surface area contributed by atoms with Gasteiger partial charge in [-0.25, -0.2) is 4.79 Å². The molecule has 0 saturated carbocycles. The van der Waals surface area contributed by atoms with Crippen molar-refractivity contribution in [2.75, 3.05) is 64.2 Å². The maximum Gasteiger partial charge on any atom is 0.322 e. The molecular formula is C37H50N8O3. The fourth-order valence-electron chi connectivity index (χ4n) is 8.54. The molecule has 3 saturated heterocycles. The number of nitrogens with zero attached hydrogens (tertiary/aromatic N) is 6. The standard InChI is InChI=1S/C37H50N8O3/c1-26-21-27(23-30-25-39-41(2)35(26)30)22-29(36(47)44-16-8-31(9-17-44)42-19-12-38-13-20-42)24-34(46)43-14-10-32(11-15-43)45-18-7-28-5-3-4-6-33(28)40-37(45)48/h3-6,21,23,25,29,31-32,38H,7-20,22,24H2,1-2H3,(H,40,48). The number of benzene rings is 2. The van der Waals surface area contributed by atoms with Gasteiger partial charge in [0.25, 0.3) is 0 Å². The van der Waals surface area contributed by atoms with Crippen molar-refractivity contribution < 1.29 is 14.4 Å². The molecule has 7 rings (SSSR count). The molecule has 1 aromatic heterocycles. The van der Waals surface area contributed by atoms with E-state index >= 15 is 0 Å². The van der Waals surface area contributed by atoms with E-state index in [1.165, 1.54) is 0 Å². The van der Waals surface area contributed by atoms with Crippen LogP contribution in [0.2, 0.25) is 0 Å². The third kappa shape index (κ3) is 6.94. The lowest BCUT2D eigenvalue weighted by Crippen LogP contribution is -2.53. The van der Waals surface area contributed by atoms with Crippen molar-refractivity contribution in [2.24, 2.45) is 13.0 Å². The molecule has 2 aromatic carbocycles. The first-order valence-corrected chi connectivity index (χ1v) is 17.9. The van der Waals surface area contributed by atoms with Gasteiger partial charge < -0.3 is 25.3 Å². The Hall–Kier alpha value is -3.96. The van der Waals surface area contributed by atoms with Crippen LogP contribution in [0.15, 0.2) is 42.6 Å². The maximum absolute atomic E-state index is 14.2. The minimum absolute atomic E-state index is 0.0365. The molecule has 256 valence electrons. The summed E-state index contributed by atoms with van der Waals surface area (Å²) in [6, 6.07) is 12.8. The first-order chi connectivity index (χ1) is 23.3. The van der Waals surface area contributed by atoms with Crippen molar-refractivity contribution in [3.63, 3.8) is 0 Å². The Morgan fingerprint density at radius 3 is 2.40 bits per heavy atom. The van der Waals surface area contributed by atoms with Gasteiger partial charge >= 0.3 is 6.03 Å². The number of piperazine rings is 1. The molecule has 11 nitrogen and oxygen atoms in total. The van der Waals surface area contributed by atoms with Crippen LogP contribution in [0, 0.1) is 12.8 Å². The SMILES string of the molecule is Cc1cc(CC(CC(=O)N2CCC(N3CCc4ccccc4NC3=O)CC2)C(=O)N2CCC(N3CCNCC3)CC2)cc2cnn(C)c12. The summed E-state index contributed by atoms with van der Waals surface area (Å²) in [6.07, 6.45) is 6.86. The van der Waals surface area contributed by atoms with Crippen molar-refractivity contribution >= 4 is 34.4 Å². The summed E-state index contributed by atoms with van der Waals surface area (Å²) < 4.78 is 1.89. The van der Waals surface area contributed by atoms with E-state index in [1.807, 2.05) is 50.8 Å². The minimum Gasteiger partial charge on any atom is -0.343 e. The molecule has 0 spiro atoms. The van der Waals surface area contributed by atoms with E-state index in [2.05, 4.69) is 45.8 Å². The Balaban J connectivity index is 1.01. The average Bonchev–Trinajstić information content (AvgIpc) is 3.40. The van der Waals surface area contributed by atoms with Crippen molar-refractivity contribution in [1.29, 1.82) is 0 Å². The fraction of sp³-hybridized carbons (Fsp3) is 0.568. The number of anilines is 1. The molecule has 5 heterocycles. The molecule has 48 heavy (non-hydrogen) atoms. The van der Waals surface area contributed by atoms with E-state index in [9.17, 15) is 14.4 Å². The largest absolute Gasteiger partial charge is 0.343 e. The van der Waals surface area contributed by atoms with Gasteiger partial charge in [0.1, 0.15) is 0 Å². The second kappa shape index (κ2) is 14.3. The Labute approximate surface area is 283 Å². The number of para-hydroxylation sites is 1. The van der Waals surface area contributed by atoms with Crippen molar-refractivity contribution in [2.45, 2.75) is 64.0 Å². The number of carbonyl (C=O) groups is 3. The summed E-state index contributed by atoms with van der Waals surface area (Å²) in [7, 11) is 1.95. The number of piperidine rings is 2. The number of rotatable bonds is 7. The first kappa shape index (κ1) is 32.6. The van der Waals surface area contributed by atoms with Gasteiger partial charge in [-0.05, 0) is 74.3 Å². The second-order valence-corrected chi connectivity index (χ2v) is 14.2. The number of aryl methyl sites for hydroxylation is 2. The number of aromatic nitrogens is 2. The van der Waals surface area contributed by atoms with Crippen molar-refractivity contribution in [3.05, 3.63) is 59.3 Å². The van der Waals surface area contributed by atoms with E-state index < -0.39 is 5.92 Å². The molecule has 3 aromatic rings. The lowest BCUT2D eigenvalue weighted by Gasteiger charge is -2.41. The second-order valence-electron chi connectivity index (χ2n) is 14.2. The number of carbonyl (C=O) groups excluding carboxylic acids is 3. The van der Waals surface area contributed by atoms with Gasteiger partial charge in [0.05, 0.1) is 17.6 Å². The molecule has 4 amide bonds. The monoisotopic (exact) mass is 654 g/mol. The zero-order valence-corrected chi connectivity index (χ0v) is 28.5. The lowest BCUT2D eigenvalue weighted by atomic mass is 9.91. The van der Waals surface area contributed by atoms with Crippen LogP contribution in [-0.2, 0) is 29.5 Å². The van der Waals surface area contributed by atoms with Crippen LogP contribution in [-0.4, -0.2) is 118 Å². The molecule has 2 N–H and O–H groups in total. The Morgan fingerprint density at radius 1 is 0.917 bits per heavy atom. The highest BCUT2D eigenvalue weighted by Crippen LogP contribution is 2.28. The van der Waals surface area contributed by atoms with Gasteiger partial charge in [-0.3, -0.25) is 19.2 Å². The molecule has 4 aliphatic rings. The predicted molar refractivity (Wildman–Crippen MR) is 187 cm³/mol. The van der Waals surface area contributed by atoms with E-state index in [0.29, 0.717) is 32.1 Å². The van der Waals surface area contributed by atoms with Gasteiger partial charge in [0, 0.05) is 95.5 Å². The Morgan fingerprint density at radius 2 is 1.62 bits per heavy atom. The van der Waals surface area contributed by atoms with E-state index in [-0.39, 0.29) is 30.3 Å². The van der Waals surface area contributed by atoms with Gasteiger partial charge in [0.2, 0.25) is 11.8 Å². The van der Waals surface area contributed by atoms with Crippen LogP contribution in [0.4, 0.5) is 10.5 Å². The predicted octanol–water partition coefficient (Wildman–Crippen LogP) is 3.41. The summed E-state index contributed by atoms with van der Waals surface area (Å²) in [5.41, 5.74) is 5.33. The number of nitrogens with one attached hydrogen (secondary N) is 2. The number of hydrogen-bond donors (Lipinski definition) is 2. The van der Waals surface area contributed by atoms with E-state index in [1.54, 1.807) is 0 Å². The van der Waals surface area contributed by atoms with Crippen molar-refractivity contribution in [3.8, 4) is 0 Å². The summed E-state index contributed by atoms with van der Waals surface area (Å²) in [5.74, 6) is -0.287. The average molecular weight is 655 g/mol. The molecule has 0 aliphatic carbocycles. The third-order valence-electron chi connectivity index (χ3n) is 11.2. The highest BCUT2D eigenvalue weighted by atomic mass is 16.2. The number of amides is 4. The summed E-state index contributed by atoms with van der Waals surface area (Å²) in [6.45, 7) is 9.63. The summed E-state index contributed by atoms with van der Waals surface area (Å²) in [4.78, 5) is 49.8. The van der Waals surface area contributed by atoms with Crippen LogP contribution >= 0.6 is 0 Å². The molecule has 11 heteroatoms. The summed E-state index contributed by atoms with van der Waals surface area (Å²) in [5, 5.41) is 12.0. The van der Waals surface area contributed by atoms with Crippen LogP contribution in [0.25, 0.3) is 10.9 Å². The number of urea groups is 1. The quantitative estimate of drug-likeness (QED) is 0.405. The molecule has 0 radical (unpaired) electrons.